The minimum absolute atomic E-state index is 0.0154. The van der Waals surface area contributed by atoms with Crippen molar-refractivity contribution >= 4 is 60.7 Å². The van der Waals surface area contributed by atoms with E-state index in [1.807, 2.05) is 6.07 Å². The van der Waals surface area contributed by atoms with E-state index < -0.39 is 0 Å². The van der Waals surface area contributed by atoms with Crippen LogP contribution in [0, 0.1) is 0 Å². The fourth-order valence-corrected chi connectivity index (χ4v) is 2.89. The first-order valence-corrected chi connectivity index (χ1v) is 7.98. The van der Waals surface area contributed by atoms with E-state index in [9.17, 15) is 4.79 Å². The Kier molecular flexibility index (Phi) is 4.97. The van der Waals surface area contributed by atoms with Crippen LogP contribution in [0.4, 0.5) is 5.69 Å². The van der Waals surface area contributed by atoms with Crippen molar-refractivity contribution in [3.05, 3.63) is 22.7 Å². The van der Waals surface area contributed by atoms with E-state index in [2.05, 4.69) is 26.2 Å². The maximum Gasteiger partial charge on any atom is 0.224 e. The molecule has 1 aromatic carbocycles. The third-order valence-electron chi connectivity index (χ3n) is 2.50. The Labute approximate surface area is 123 Å². The van der Waals surface area contributed by atoms with Crippen LogP contribution in [0.3, 0.4) is 0 Å². The second-order valence-corrected chi connectivity index (χ2v) is 5.90. The molecule has 0 atom stereocenters. The van der Waals surface area contributed by atoms with Crippen LogP contribution in [-0.2, 0) is 4.79 Å². The predicted octanol–water partition coefficient (Wildman–Crippen LogP) is 4.45. The number of carbonyl (C=O) groups excluding carboxylic acids is 1. The van der Waals surface area contributed by atoms with Crippen LogP contribution in [0.25, 0.3) is 10.2 Å². The van der Waals surface area contributed by atoms with E-state index in [1.165, 1.54) is 11.3 Å². The van der Waals surface area contributed by atoms with Gasteiger partial charge in [-0.1, -0.05) is 27.5 Å². The Bertz CT molecular complexity index is 558. The Morgan fingerprint density at radius 1 is 1.44 bits per heavy atom. The number of hydrogen-bond acceptors (Lipinski definition) is 3. The van der Waals surface area contributed by atoms with Crippen LogP contribution in [0.1, 0.15) is 19.3 Å². The summed E-state index contributed by atoms with van der Waals surface area (Å²) in [6.45, 7) is 0. The van der Waals surface area contributed by atoms with Gasteiger partial charge in [0.2, 0.25) is 5.91 Å². The molecule has 0 aliphatic rings. The highest BCUT2D eigenvalue weighted by molar-refractivity contribution is 9.09. The molecule has 1 heterocycles. The number of hydrogen-bond donors (Lipinski definition) is 1. The van der Waals surface area contributed by atoms with Crippen LogP contribution in [0.15, 0.2) is 17.6 Å². The van der Waals surface area contributed by atoms with Gasteiger partial charge in [0.15, 0.2) is 0 Å². The van der Waals surface area contributed by atoms with Gasteiger partial charge in [-0.05, 0) is 25.0 Å². The first-order chi connectivity index (χ1) is 8.72. The maximum absolute atomic E-state index is 11.8. The van der Waals surface area contributed by atoms with Gasteiger partial charge < -0.3 is 5.32 Å². The lowest BCUT2D eigenvalue weighted by Gasteiger charge is -2.07. The minimum atomic E-state index is -0.0154. The molecule has 1 aromatic heterocycles. The van der Waals surface area contributed by atoms with Crippen molar-refractivity contribution in [2.75, 3.05) is 10.6 Å². The number of aromatic nitrogens is 1. The number of thiazole rings is 1. The molecule has 0 saturated heterocycles. The van der Waals surface area contributed by atoms with E-state index >= 15 is 0 Å². The van der Waals surface area contributed by atoms with Crippen molar-refractivity contribution in [2.24, 2.45) is 0 Å². The highest BCUT2D eigenvalue weighted by Crippen LogP contribution is 2.32. The van der Waals surface area contributed by atoms with Gasteiger partial charge in [-0.15, -0.1) is 11.3 Å². The summed E-state index contributed by atoms with van der Waals surface area (Å²) in [5.41, 5.74) is 3.14. The fraction of sp³-hybridized carbons (Fsp3) is 0.333. The molecule has 96 valence electrons. The van der Waals surface area contributed by atoms with Crippen molar-refractivity contribution in [2.45, 2.75) is 19.3 Å². The Morgan fingerprint density at radius 2 is 2.28 bits per heavy atom. The number of halogens is 2. The Morgan fingerprint density at radius 3 is 3.06 bits per heavy atom. The summed E-state index contributed by atoms with van der Waals surface area (Å²) >= 11 is 11.0. The van der Waals surface area contributed by atoms with Crippen LogP contribution in [0.5, 0.6) is 0 Å². The van der Waals surface area contributed by atoms with Gasteiger partial charge >= 0.3 is 0 Å². The Balaban J connectivity index is 2.13. The molecular formula is C12H12BrClN2OS. The third kappa shape index (κ3) is 3.22. The number of carbonyl (C=O) groups is 1. The number of benzene rings is 1. The summed E-state index contributed by atoms with van der Waals surface area (Å²) in [5.74, 6) is -0.0154. The summed E-state index contributed by atoms with van der Waals surface area (Å²) in [7, 11) is 0. The number of nitrogens with zero attached hydrogens (tertiary/aromatic N) is 1. The van der Waals surface area contributed by atoms with Crippen LogP contribution in [-0.4, -0.2) is 16.2 Å². The number of nitrogens with one attached hydrogen (secondary N) is 1. The van der Waals surface area contributed by atoms with Gasteiger partial charge in [-0.2, -0.15) is 0 Å². The number of fused-ring (bicyclic) bond motifs is 1. The molecule has 0 spiro atoms. The normalized spacial score (nSPS) is 10.8. The monoisotopic (exact) mass is 346 g/mol. The highest BCUT2D eigenvalue weighted by Gasteiger charge is 2.11. The van der Waals surface area contributed by atoms with Crippen LogP contribution >= 0.6 is 38.9 Å². The van der Waals surface area contributed by atoms with Crippen LogP contribution in [0.2, 0.25) is 5.02 Å². The molecular weight excluding hydrogens is 336 g/mol. The van der Waals surface area contributed by atoms with E-state index in [0.29, 0.717) is 17.1 Å². The number of anilines is 1. The second kappa shape index (κ2) is 6.50. The number of unbranched alkanes of at least 4 members (excludes halogenated alkanes) is 1. The molecule has 6 heteroatoms. The maximum atomic E-state index is 11.8. The van der Waals surface area contributed by atoms with Crippen molar-refractivity contribution < 1.29 is 4.79 Å². The van der Waals surface area contributed by atoms with E-state index in [1.54, 1.807) is 11.6 Å². The van der Waals surface area contributed by atoms with Crippen LogP contribution < -0.4 is 5.32 Å². The topological polar surface area (TPSA) is 42.0 Å². The zero-order valence-corrected chi connectivity index (χ0v) is 12.7. The molecule has 0 radical (unpaired) electrons. The highest BCUT2D eigenvalue weighted by atomic mass is 79.9. The van der Waals surface area contributed by atoms with E-state index in [-0.39, 0.29) is 5.91 Å². The largest absolute Gasteiger partial charge is 0.323 e. The molecule has 0 aliphatic carbocycles. The van der Waals surface area contributed by atoms with Gasteiger partial charge in [0.05, 0.1) is 20.9 Å². The van der Waals surface area contributed by atoms with E-state index in [0.717, 1.165) is 28.4 Å². The molecule has 0 fully saturated rings. The average molecular weight is 348 g/mol. The number of rotatable bonds is 5. The smallest absolute Gasteiger partial charge is 0.224 e. The summed E-state index contributed by atoms with van der Waals surface area (Å²) in [6.07, 6.45) is 2.35. The molecule has 0 aliphatic heterocycles. The zero-order chi connectivity index (χ0) is 13.0. The zero-order valence-electron chi connectivity index (χ0n) is 9.58. The SMILES string of the molecule is O=C(CCCCBr)Nc1c(Cl)ccc2scnc12. The predicted molar refractivity (Wildman–Crippen MR) is 80.9 cm³/mol. The molecule has 0 unspecified atom stereocenters. The quantitative estimate of drug-likeness (QED) is 0.641. The fourth-order valence-electron chi connectivity index (χ4n) is 1.61. The third-order valence-corrected chi connectivity index (χ3v) is 4.17. The second-order valence-electron chi connectivity index (χ2n) is 3.82. The van der Waals surface area contributed by atoms with E-state index in [4.69, 9.17) is 11.6 Å². The summed E-state index contributed by atoms with van der Waals surface area (Å²) in [4.78, 5) is 16.0. The number of alkyl halides is 1. The average Bonchev–Trinajstić information content (AvgIpc) is 2.82. The first-order valence-electron chi connectivity index (χ1n) is 5.60. The van der Waals surface area contributed by atoms with Gasteiger partial charge in [0, 0.05) is 11.8 Å². The van der Waals surface area contributed by atoms with Crippen molar-refractivity contribution in [3.63, 3.8) is 0 Å². The first kappa shape index (κ1) is 13.8. The van der Waals surface area contributed by atoms with Gasteiger partial charge in [0.25, 0.3) is 0 Å². The molecule has 2 aromatic rings. The molecule has 3 nitrogen and oxygen atoms in total. The van der Waals surface area contributed by atoms with Crippen molar-refractivity contribution in [1.82, 2.24) is 4.98 Å². The minimum Gasteiger partial charge on any atom is -0.323 e. The number of amides is 1. The van der Waals surface area contributed by atoms with Gasteiger partial charge in [-0.3, -0.25) is 4.79 Å². The standard InChI is InChI=1S/C12H12BrClN2OS/c13-6-2-1-3-10(17)16-11-8(14)4-5-9-12(11)15-7-18-9/h4-5,7H,1-3,6H2,(H,16,17). The van der Waals surface area contributed by atoms with Gasteiger partial charge in [0.1, 0.15) is 5.52 Å². The molecule has 1 N–H and O–H groups in total. The molecule has 2 rings (SSSR count). The molecule has 0 saturated carbocycles. The summed E-state index contributed by atoms with van der Waals surface area (Å²) in [6, 6.07) is 3.70. The lowest BCUT2D eigenvalue weighted by atomic mass is 10.2. The van der Waals surface area contributed by atoms with Crippen molar-refractivity contribution in [3.8, 4) is 0 Å². The molecule has 1 amide bonds. The molecule has 18 heavy (non-hydrogen) atoms. The lowest BCUT2D eigenvalue weighted by molar-refractivity contribution is -0.116. The Hall–Kier alpha value is -0.650. The summed E-state index contributed by atoms with van der Waals surface area (Å²) < 4.78 is 1.02. The van der Waals surface area contributed by atoms with Crippen molar-refractivity contribution in [1.29, 1.82) is 0 Å². The molecule has 0 bridgehead atoms. The van der Waals surface area contributed by atoms with Gasteiger partial charge in [-0.25, -0.2) is 4.98 Å². The lowest BCUT2D eigenvalue weighted by Crippen LogP contribution is -2.11. The summed E-state index contributed by atoms with van der Waals surface area (Å²) in [5, 5.41) is 4.31.